The number of carbonyl (C=O) groups is 4. The van der Waals surface area contributed by atoms with Crippen molar-refractivity contribution in [2.75, 3.05) is 18.4 Å². The van der Waals surface area contributed by atoms with E-state index in [1.165, 1.54) is 13.8 Å². The molecule has 0 radical (unpaired) electrons. The minimum absolute atomic E-state index is 0.0436. The molecule has 35 heavy (non-hydrogen) atoms. The van der Waals surface area contributed by atoms with Crippen molar-refractivity contribution < 1.29 is 52.3 Å². The fraction of sp³-hybridized carbons (Fsp3) is 0.810. The molecule has 0 spiro atoms. The molecule has 0 N–H and O–H groups in total. The van der Waals surface area contributed by atoms with Crippen LogP contribution in [0.1, 0.15) is 34.6 Å². The van der Waals surface area contributed by atoms with E-state index in [2.05, 4.69) is 0 Å². The number of hydrogen-bond acceptors (Lipinski definition) is 11. The van der Waals surface area contributed by atoms with Gasteiger partial charge in [0.15, 0.2) is 18.0 Å². The van der Waals surface area contributed by atoms with E-state index in [-0.39, 0.29) is 18.4 Å². The lowest BCUT2D eigenvalue weighted by molar-refractivity contribution is -0.353. The zero-order valence-electron chi connectivity index (χ0n) is 19.9. The molecule has 2 rings (SSSR count). The van der Waals surface area contributed by atoms with Gasteiger partial charge in [-0.3, -0.25) is 19.2 Å². The minimum atomic E-state index is -1.61. The van der Waals surface area contributed by atoms with Crippen molar-refractivity contribution in [2.45, 2.75) is 82.6 Å². The van der Waals surface area contributed by atoms with E-state index in [1.807, 2.05) is 0 Å². The number of alkyl halides is 3. The summed E-state index contributed by atoms with van der Waals surface area (Å²) in [5, 5.41) is -1.08. The Bertz CT molecular complexity index is 796. The Labute approximate surface area is 217 Å². The van der Waals surface area contributed by atoms with Gasteiger partial charge in [-0.1, -0.05) is 6.92 Å². The van der Waals surface area contributed by atoms with Gasteiger partial charge in [-0.25, -0.2) is 0 Å². The molecular weight excluding hydrogens is 535 g/mol. The second-order valence-corrected chi connectivity index (χ2v) is 9.25. The van der Waals surface area contributed by atoms with Crippen molar-refractivity contribution in [1.82, 2.24) is 0 Å². The number of esters is 4. The van der Waals surface area contributed by atoms with Crippen molar-refractivity contribution in [3.63, 3.8) is 0 Å². The zero-order chi connectivity index (χ0) is 26.5. The lowest BCUT2D eigenvalue weighted by atomic mass is 9.95. The molecule has 200 valence electrons. The SMILES string of the molecule is CC(=O)OCC1OC(OC2(CCl)OC(CCl)C(OC(C)=O)C2C)C(OC(C)=O)C(OC(C)=O)C1Cl. The highest BCUT2D eigenvalue weighted by Gasteiger charge is 2.59. The van der Waals surface area contributed by atoms with Gasteiger partial charge in [0.2, 0.25) is 6.29 Å². The number of carbonyl (C=O) groups excluding carboxylic acids is 4. The Morgan fingerprint density at radius 3 is 1.86 bits per heavy atom. The van der Waals surface area contributed by atoms with Crippen LogP contribution in [0.3, 0.4) is 0 Å². The summed E-state index contributed by atoms with van der Waals surface area (Å²) in [7, 11) is 0. The standard InChI is InChI=1S/C21H29Cl3O11/c1-9-17(30-11(3)26)14(6-22)34-21(9,8-23)35-20-19(32-13(5)28)18(31-12(4)27)16(24)15(33-20)7-29-10(2)25/h9,14-20H,6-8H2,1-5H3. The lowest BCUT2D eigenvalue weighted by Crippen LogP contribution is -2.62. The van der Waals surface area contributed by atoms with Gasteiger partial charge in [-0.2, -0.15) is 0 Å². The first kappa shape index (κ1) is 29.9. The molecule has 0 saturated carbocycles. The van der Waals surface area contributed by atoms with E-state index in [1.54, 1.807) is 6.92 Å². The first-order valence-electron chi connectivity index (χ1n) is 10.8. The molecule has 2 aliphatic rings. The predicted octanol–water partition coefficient (Wildman–Crippen LogP) is 1.90. The van der Waals surface area contributed by atoms with Crippen molar-refractivity contribution in [2.24, 2.45) is 5.92 Å². The Hall–Kier alpha value is -1.37. The second kappa shape index (κ2) is 12.7. The largest absolute Gasteiger partial charge is 0.463 e. The van der Waals surface area contributed by atoms with Crippen LogP contribution in [0.15, 0.2) is 0 Å². The van der Waals surface area contributed by atoms with Crippen molar-refractivity contribution in [1.29, 1.82) is 0 Å². The van der Waals surface area contributed by atoms with Gasteiger partial charge >= 0.3 is 23.9 Å². The van der Waals surface area contributed by atoms with Gasteiger partial charge in [0, 0.05) is 27.7 Å². The lowest BCUT2D eigenvalue weighted by Gasteiger charge is -2.45. The average Bonchev–Trinajstić information content (AvgIpc) is 3.02. The molecular formula is C21H29Cl3O11. The van der Waals surface area contributed by atoms with E-state index in [9.17, 15) is 19.2 Å². The molecule has 0 aromatic heterocycles. The molecule has 2 heterocycles. The van der Waals surface area contributed by atoms with Crippen molar-refractivity contribution >= 4 is 58.7 Å². The molecule has 0 aromatic carbocycles. The predicted molar refractivity (Wildman–Crippen MR) is 121 cm³/mol. The summed E-state index contributed by atoms with van der Waals surface area (Å²) in [5.74, 6) is -5.17. The van der Waals surface area contributed by atoms with Crippen LogP contribution in [-0.2, 0) is 52.3 Å². The van der Waals surface area contributed by atoms with Crippen LogP contribution in [-0.4, -0.2) is 90.2 Å². The van der Waals surface area contributed by atoms with E-state index in [0.29, 0.717) is 0 Å². The first-order chi connectivity index (χ1) is 16.3. The summed E-state index contributed by atoms with van der Waals surface area (Å²) in [6.45, 7) is 6.10. The Kier molecular flexibility index (Phi) is 10.9. The Morgan fingerprint density at radius 1 is 0.829 bits per heavy atom. The van der Waals surface area contributed by atoms with Crippen LogP contribution in [0.2, 0.25) is 0 Å². The van der Waals surface area contributed by atoms with E-state index >= 15 is 0 Å². The normalized spacial score (nSPS) is 36.8. The number of rotatable bonds is 9. The van der Waals surface area contributed by atoms with Gasteiger partial charge in [-0.15, -0.1) is 34.8 Å². The van der Waals surface area contributed by atoms with Crippen LogP contribution in [0.4, 0.5) is 0 Å². The third-order valence-corrected chi connectivity index (χ3v) is 6.69. The summed E-state index contributed by atoms with van der Waals surface area (Å²) in [6.07, 6.45) is -6.63. The van der Waals surface area contributed by atoms with Crippen LogP contribution in [0.25, 0.3) is 0 Å². The van der Waals surface area contributed by atoms with E-state index in [4.69, 9.17) is 68.0 Å². The molecule has 0 bridgehead atoms. The maximum absolute atomic E-state index is 11.9. The molecule has 2 saturated heterocycles. The summed E-state index contributed by atoms with van der Waals surface area (Å²) >= 11 is 18.8. The van der Waals surface area contributed by atoms with Crippen LogP contribution < -0.4 is 0 Å². The molecule has 9 atom stereocenters. The molecule has 2 aliphatic heterocycles. The quantitative estimate of drug-likeness (QED) is 0.231. The molecule has 0 aliphatic carbocycles. The molecule has 14 heteroatoms. The van der Waals surface area contributed by atoms with Gasteiger partial charge < -0.3 is 33.2 Å². The van der Waals surface area contributed by atoms with Gasteiger partial charge in [0.05, 0.1) is 17.7 Å². The van der Waals surface area contributed by atoms with Crippen LogP contribution in [0.5, 0.6) is 0 Å². The first-order valence-corrected chi connectivity index (χ1v) is 12.3. The molecule has 0 amide bonds. The maximum Gasteiger partial charge on any atom is 0.303 e. The van der Waals surface area contributed by atoms with Gasteiger partial charge in [0.1, 0.15) is 30.3 Å². The molecule has 2 fully saturated rings. The van der Waals surface area contributed by atoms with Crippen LogP contribution in [0, 0.1) is 5.92 Å². The monoisotopic (exact) mass is 562 g/mol. The Morgan fingerprint density at radius 2 is 1.37 bits per heavy atom. The van der Waals surface area contributed by atoms with E-state index in [0.717, 1.165) is 13.8 Å². The summed E-state index contributed by atoms with van der Waals surface area (Å²) < 4.78 is 39.2. The minimum Gasteiger partial charge on any atom is -0.463 e. The van der Waals surface area contributed by atoms with Crippen molar-refractivity contribution in [3.05, 3.63) is 0 Å². The summed E-state index contributed by atoms with van der Waals surface area (Å²) in [6, 6.07) is 0. The third kappa shape index (κ3) is 7.33. The number of halogens is 3. The summed E-state index contributed by atoms with van der Waals surface area (Å²) in [5.41, 5.74) is 0. The highest BCUT2D eigenvalue weighted by atomic mass is 35.5. The maximum atomic E-state index is 11.9. The fourth-order valence-electron chi connectivity index (χ4n) is 3.94. The highest BCUT2D eigenvalue weighted by molar-refractivity contribution is 6.21. The third-order valence-electron chi connectivity index (χ3n) is 5.48. The highest BCUT2D eigenvalue weighted by Crippen LogP contribution is 2.43. The van der Waals surface area contributed by atoms with E-state index < -0.39 is 77.8 Å². The Balaban J connectivity index is 2.44. The fourth-order valence-corrected chi connectivity index (χ4v) is 4.88. The zero-order valence-corrected chi connectivity index (χ0v) is 22.1. The van der Waals surface area contributed by atoms with Crippen LogP contribution >= 0.6 is 34.8 Å². The second-order valence-electron chi connectivity index (χ2n) is 8.17. The van der Waals surface area contributed by atoms with Gasteiger partial charge in [-0.05, 0) is 0 Å². The number of ether oxygens (including phenoxy) is 7. The molecule has 0 aromatic rings. The smallest absolute Gasteiger partial charge is 0.303 e. The molecule has 11 nitrogen and oxygen atoms in total. The topological polar surface area (TPSA) is 133 Å². The van der Waals surface area contributed by atoms with Gasteiger partial charge in [0.25, 0.3) is 0 Å². The van der Waals surface area contributed by atoms with Crippen molar-refractivity contribution in [3.8, 4) is 0 Å². The average molecular weight is 564 g/mol. The summed E-state index contributed by atoms with van der Waals surface area (Å²) in [4.78, 5) is 46.7. The number of hydrogen-bond donors (Lipinski definition) is 0. The molecule has 9 unspecified atom stereocenters.